The Morgan fingerprint density at radius 3 is 2.34 bits per heavy atom. The summed E-state index contributed by atoms with van der Waals surface area (Å²) in [5.74, 6) is 0.839. The van der Waals surface area contributed by atoms with Gasteiger partial charge in [0.1, 0.15) is 12.3 Å². The average Bonchev–Trinajstić information content (AvgIpc) is 2.75. The van der Waals surface area contributed by atoms with Crippen LogP contribution >= 0.6 is 0 Å². The second kappa shape index (κ2) is 9.87. The molecule has 1 heterocycles. The molecule has 0 aromatic heterocycles. The Bertz CT molecular complexity index is 893. The van der Waals surface area contributed by atoms with Crippen LogP contribution in [0.5, 0.6) is 5.75 Å². The smallest absolute Gasteiger partial charge is 0.240 e. The first-order chi connectivity index (χ1) is 14.0. The first-order valence-electron chi connectivity index (χ1n) is 9.77. The van der Waals surface area contributed by atoms with Crippen molar-refractivity contribution in [3.63, 3.8) is 0 Å². The number of benzene rings is 2. The van der Waals surface area contributed by atoms with Crippen molar-refractivity contribution in [3.8, 4) is 5.75 Å². The van der Waals surface area contributed by atoms with Gasteiger partial charge < -0.3 is 14.5 Å². The van der Waals surface area contributed by atoms with E-state index in [9.17, 15) is 13.2 Å². The molecular weight excluding hydrogens is 390 g/mol. The minimum Gasteiger partial charge on any atom is -0.497 e. The molecule has 2 aromatic carbocycles. The van der Waals surface area contributed by atoms with Gasteiger partial charge in [-0.15, -0.1) is 0 Å². The highest BCUT2D eigenvalue weighted by Crippen LogP contribution is 2.10. The lowest BCUT2D eigenvalue weighted by molar-refractivity contribution is -0.917. The standard InChI is InChI=1S/C21H27N3O4S/c1-28-19-9-7-18(8-10-19)17-23-13-15-24(16-14-23)21(25)11-12-22-29(26,27)20-5-3-2-4-6-20/h2-10,22H,11-17H2,1H3/p+1. The van der Waals surface area contributed by atoms with E-state index < -0.39 is 10.0 Å². The highest BCUT2D eigenvalue weighted by Gasteiger charge is 2.24. The largest absolute Gasteiger partial charge is 0.497 e. The summed E-state index contributed by atoms with van der Waals surface area (Å²) in [5, 5.41) is 0. The number of quaternary nitrogens is 1. The third-order valence-electron chi connectivity index (χ3n) is 5.12. The summed E-state index contributed by atoms with van der Waals surface area (Å²) in [5.41, 5.74) is 1.25. The van der Waals surface area contributed by atoms with E-state index in [1.165, 1.54) is 22.6 Å². The van der Waals surface area contributed by atoms with E-state index in [0.717, 1.165) is 25.4 Å². The molecule has 1 aliphatic rings. The van der Waals surface area contributed by atoms with Gasteiger partial charge in [0.05, 0.1) is 38.2 Å². The van der Waals surface area contributed by atoms with Gasteiger partial charge in [0.25, 0.3) is 0 Å². The van der Waals surface area contributed by atoms with Gasteiger partial charge in [-0.05, 0) is 36.4 Å². The molecule has 7 nitrogen and oxygen atoms in total. The molecular formula is C21H28N3O4S+. The molecule has 29 heavy (non-hydrogen) atoms. The quantitative estimate of drug-likeness (QED) is 0.646. The minimum absolute atomic E-state index is 0.00995. The maximum atomic E-state index is 12.4. The molecule has 1 aliphatic heterocycles. The summed E-state index contributed by atoms with van der Waals surface area (Å²) in [6.07, 6.45) is 0.167. The molecule has 0 atom stereocenters. The topological polar surface area (TPSA) is 80.2 Å². The first kappa shape index (κ1) is 21.3. The minimum atomic E-state index is -3.57. The molecule has 156 valence electrons. The van der Waals surface area contributed by atoms with Crippen molar-refractivity contribution in [1.82, 2.24) is 9.62 Å². The lowest BCUT2D eigenvalue weighted by Crippen LogP contribution is -3.13. The summed E-state index contributed by atoms with van der Waals surface area (Å²) < 4.78 is 32.1. The fourth-order valence-corrected chi connectivity index (χ4v) is 4.47. The summed E-state index contributed by atoms with van der Waals surface area (Å²) in [7, 11) is -1.91. The normalized spacial score (nSPS) is 15.3. The van der Waals surface area contributed by atoms with Gasteiger partial charge in [-0.1, -0.05) is 18.2 Å². The van der Waals surface area contributed by atoms with Crippen molar-refractivity contribution in [3.05, 3.63) is 60.2 Å². The monoisotopic (exact) mass is 418 g/mol. The number of nitrogens with one attached hydrogen (secondary N) is 2. The second-order valence-corrected chi connectivity index (χ2v) is 8.88. The maximum absolute atomic E-state index is 12.4. The lowest BCUT2D eigenvalue weighted by Gasteiger charge is -2.32. The summed E-state index contributed by atoms with van der Waals surface area (Å²) in [4.78, 5) is 15.9. The molecule has 0 aliphatic carbocycles. The number of methoxy groups -OCH3 is 1. The molecule has 0 unspecified atom stereocenters. The number of amides is 1. The Kier molecular flexibility index (Phi) is 7.24. The van der Waals surface area contributed by atoms with Crippen LogP contribution in [0.25, 0.3) is 0 Å². The third-order valence-corrected chi connectivity index (χ3v) is 6.60. The van der Waals surface area contributed by atoms with Gasteiger partial charge in [0.2, 0.25) is 15.9 Å². The highest BCUT2D eigenvalue weighted by atomic mass is 32.2. The number of piperazine rings is 1. The Morgan fingerprint density at radius 2 is 1.72 bits per heavy atom. The van der Waals surface area contributed by atoms with Crippen LogP contribution < -0.4 is 14.4 Å². The van der Waals surface area contributed by atoms with E-state index in [0.29, 0.717) is 13.1 Å². The number of nitrogens with zero attached hydrogens (tertiary/aromatic N) is 1. The molecule has 0 saturated carbocycles. The third kappa shape index (κ3) is 6.03. The number of rotatable bonds is 8. The van der Waals surface area contributed by atoms with Crippen molar-refractivity contribution in [2.75, 3.05) is 39.8 Å². The highest BCUT2D eigenvalue weighted by molar-refractivity contribution is 7.89. The fourth-order valence-electron chi connectivity index (χ4n) is 3.41. The Labute approximate surface area is 172 Å². The molecule has 0 bridgehead atoms. The zero-order chi connectivity index (χ0) is 20.7. The molecule has 3 rings (SSSR count). The molecule has 0 radical (unpaired) electrons. The maximum Gasteiger partial charge on any atom is 0.240 e. The van der Waals surface area contributed by atoms with E-state index >= 15 is 0 Å². The van der Waals surface area contributed by atoms with E-state index in [-0.39, 0.29) is 23.8 Å². The van der Waals surface area contributed by atoms with E-state index in [2.05, 4.69) is 16.9 Å². The van der Waals surface area contributed by atoms with Gasteiger partial charge >= 0.3 is 0 Å². The van der Waals surface area contributed by atoms with E-state index in [4.69, 9.17) is 4.74 Å². The van der Waals surface area contributed by atoms with E-state index in [1.54, 1.807) is 25.3 Å². The van der Waals surface area contributed by atoms with Crippen LogP contribution in [0.3, 0.4) is 0 Å². The van der Waals surface area contributed by atoms with Crippen LogP contribution in [0.2, 0.25) is 0 Å². The van der Waals surface area contributed by atoms with Gasteiger partial charge in [0.15, 0.2) is 0 Å². The van der Waals surface area contributed by atoms with Crippen LogP contribution in [0, 0.1) is 0 Å². The van der Waals surface area contributed by atoms with E-state index in [1.807, 2.05) is 17.0 Å². The Hall–Kier alpha value is -2.42. The predicted molar refractivity (Wildman–Crippen MR) is 110 cm³/mol. The molecule has 1 saturated heterocycles. The number of carbonyl (C=O) groups is 1. The van der Waals surface area contributed by atoms with Crippen molar-refractivity contribution in [2.24, 2.45) is 0 Å². The van der Waals surface area contributed by atoms with Crippen molar-refractivity contribution >= 4 is 15.9 Å². The predicted octanol–water partition coefficient (Wildman–Crippen LogP) is 0.291. The SMILES string of the molecule is COc1ccc(C[NH+]2CCN(C(=O)CCNS(=O)(=O)c3ccccc3)CC2)cc1. The number of hydrogen-bond acceptors (Lipinski definition) is 4. The van der Waals surface area contributed by atoms with Gasteiger partial charge in [-0.3, -0.25) is 4.79 Å². The van der Waals surface area contributed by atoms with Crippen LogP contribution in [0.4, 0.5) is 0 Å². The number of ether oxygens (including phenoxy) is 1. The summed E-state index contributed by atoms with van der Waals surface area (Å²) >= 11 is 0. The molecule has 0 spiro atoms. The molecule has 1 fully saturated rings. The zero-order valence-electron chi connectivity index (χ0n) is 16.6. The number of sulfonamides is 1. The van der Waals surface area contributed by atoms with Crippen molar-refractivity contribution in [2.45, 2.75) is 17.9 Å². The molecule has 1 amide bonds. The summed E-state index contributed by atoms with van der Waals surface area (Å²) in [6.45, 7) is 4.17. The Balaban J connectivity index is 1.40. The molecule has 8 heteroatoms. The van der Waals surface area contributed by atoms with Crippen molar-refractivity contribution in [1.29, 1.82) is 0 Å². The molecule has 2 aromatic rings. The van der Waals surface area contributed by atoms with Crippen LogP contribution in [0.1, 0.15) is 12.0 Å². The molecule has 2 N–H and O–H groups in total. The Morgan fingerprint density at radius 1 is 1.07 bits per heavy atom. The lowest BCUT2D eigenvalue weighted by atomic mass is 10.2. The fraction of sp³-hybridized carbons (Fsp3) is 0.381. The average molecular weight is 419 g/mol. The first-order valence-corrected chi connectivity index (χ1v) is 11.3. The van der Waals surface area contributed by atoms with Crippen LogP contribution in [-0.4, -0.2) is 59.1 Å². The number of hydrogen-bond donors (Lipinski definition) is 2. The van der Waals surface area contributed by atoms with Crippen molar-refractivity contribution < 1.29 is 22.8 Å². The second-order valence-electron chi connectivity index (χ2n) is 7.12. The number of carbonyl (C=O) groups excluding carboxylic acids is 1. The van der Waals surface area contributed by atoms with Gasteiger partial charge in [-0.2, -0.15) is 0 Å². The van der Waals surface area contributed by atoms with Crippen LogP contribution in [-0.2, 0) is 21.4 Å². The zero-order valence-corrected chi connectivity index (χ0v) is 17.5. The van der Waals surface area contributed by atoms with Crippen LogP contribution in [0.15, 0.2) is 59.5 Å². The summed E-state index contributed by atoms with van der Waals surface area (Å²) in [6, 6.07) is 16.3. The van der Waals surface area contributed by atoms with Gasteiger partial charge in [0, 0.05) is 18.5 Å². The van der Waals surface area contributed by atoms with Gasteiger partial charge in [-0.25, -0.2) is 13.1 Å².